The largest absolute Gasteiger partial charge is 0.493 e. The highest BCUT2D eigenvalue weighted by Gasteiger charge is 2.73. The molecule has 144 valence electrons. The maximum atomic E-state index is 13.1. The topological polar surface area (TPSA) is 66.6 Å². The molecule has 1 aromatic rings. The fraction of sp³-hybridized carbons (Fsp3) is 0.385. The van der Waals surface area contributed by atoms with Crippen LogP contribution in [0.4, 0.5) is 30.7 Å². The van der Waals surface area contributed by atoms with Crippen LogP contribution in [0.15, 0.2) is 17.2 Å². The van der Waals surface area contributed by atoms with Gasteiger partial charge in [-0.1, -0.05) is 0 Å². The number of nitriles is 1. The molecule has 0 aliphatic heterocycles. The number of rotatable bonds is 7. The van der Waals surface area contributed by atoms with Gasteiger partial charge in [-0.05, 0) is 34.7 Å². The van der Waals surface area contributed by atoms with Crippen molar-refractivity contribution in [3.05, 3.63) is 21.3 Å². The van der Waals surface area contributed by atoms with Crippen LogP contribution in [0.5, 0.6) is 11.5 Å². The van der Waals surface area contributed by atoms with Gasteiger partial charge in [0.2, 0.25) is 0 Å². The summed E-state index contributed by atoms with van der Waals surface area (Å²) < 4.78 is 98.4. The molecule has 13 heteroatoms. The van der Waals surface area contributed by atoms with Crippen molar-refractivity contribution >= 4 is 28.8 Å². The lowest BCUT2D eigenvalue weighted by atomic mass is 10.2. The van der Waals surface area contributed by atoms with Crippen LogP contribution in [0, 0.1) is 14.9 Å². The average molecular weight is 499 g/mol. The zero-order valence-corrected chi connectivity index (χ0v) is 14.8. The molecule has 0 aliphatic rings. The van der Waals surface area contributed by atoms with Gasteiger partial charge in [-0.3, -0.25) is 0 Å². The minimum absolute atomic E-state index is 0.0704. The summed E-state index contributed by atoms with van der Waals surface area (Å²) in [6.07, 6.45) is -5.94. The normalized spacial score (nSPS) is 12.8. The molecule has 0 saturated carbocycles. The molecule has 0 heterocycles. The van der Waals surface area contributed by atoms with Gasteiger partial charge in [0, 0.05) is 9.13 Å². The smallest absolute Gasteiger partial charge is 0.462 e. The van der Waals surface area contributed by atoms with Crippen LogP contribution in [-0.2, 0) is 0 Å². The first kappa shape index (κ1) is 22.1. The number of halogens is 8. The predicted molar refractivity (Wildman–Crippen MR) is 83.5 cm³/mol. The van der Waals surface area contributed by atoms with E-state index in [-0.39, 0.29) is 17.1 Å². The Bertz CT molecular complexity index is 717. The molecule has 0 aromatic heterocycles. The monoisotopic (exact) mass is 499 g/mol. The lowest BCUT2D eigenvalue weighted by Gasteiger charge is -2.27. The highest BCUT2D eigenvalue weighted by atomic mass is 127. The van der Waals surface area contributed by atoms with E-state index in [0.717, 1.165) is 0 Å². The van der Waals surface area contributed by atoms with E-state index in [1.165, 1.54) is 19.2 Å². The second-order valence-corrected chi connectivity index (χ2v) is 5.74. The molecule has 0 spiro atoms. The van der Waals surface area contributed by atoms with E-state index in [4.69, 9.17) is 14.7 Å². The fourth-order valence-corrected chi connectivity index (χ4v) is 2.14. The van der Waals surface area contributed by atoms with E-state index in [2.05, 4.69) is 5.10 Å². The highest BCUT2D eigenvalue weighted by molar-refractivity contribution is 14.1. The Morgan fingerprint density at radius 1 is 1.23 bits per heavy atom. The summed E-state index contributed by atoms with van der Waals surface area (Å²) in [5, 5.41) is 11.3. The number of methoxy groups -OCH3 is 1. The molecule has 0 atom stereocenters. The first-order valence-corrected chi connectivity index (χ1v) is 7.45. The van der Waals surface area contributed by atoms with Gasteiger partial charge in [0.1, 0.15) is 6.07 Å². The zero-order valence-electron chi connectivity index (χ0n) is 12.7. The average Bonchev–Trinajstić information content (AvgIpc) is 2.51. The van der Waals surface area contributed by atoms with E-state index in [0.29, 0.717) is 15.2 Å². The van der Waals surface area contributed by atoms with Crippen LogP contribution in [0.2, 0.25) is 0 Å². The van der Waals surface area contributed by atoms with Crippen LogP contribution in [0.3, 0.4) is 0 Å². The number of hydrazone groups is 1. The molecular formula is C13H9F7IN3O2. The fourth-order valence-electron chi connectivity index (χ4n) is 1.53. The summed E-state index contributed by atoms with van der Waals surface area (Å²) in [4.78, 5) is 0. The summed E-state index contributed by atoms with van der Waals surface area (Å²) >= 11 is 1.80. The van der Waals surface area contributed by atoms with Crippen molar-refractivity contribution in [1.82, 2.24) is 5.43 Å². The quantitative estimate of drug-likeness (QED) is 0.203. The van der Waals surface area contributed by atoms with Gasteiger partial charge >= 0.3 is 18.1 Å². The van der Waals surface area contributed by atoms with Gasteiger partial charge < -0.3 is 9.47 Å². The van der Waals surface area contributed by atoms with E-state index in [1.54, 1.807) is 28.7 Å². The first-order chi connectivity index (χ1) is 11.9. The molecule has 1 rings (SSSR count). The zero-order chi connectivity index (χ0) is 20.2. The van der Waals surface area contributed by atoms with Gasteiger partial charge in [0.05, 0.1) is 13.3 Å². The second kappa shape index (κ2) is 8.14. The summed E-state index contributed by atoms with van der Waals surface area (Å²) in [6, 6.07) is -1.31. The van der Waals surface area contributed by atoms with Crippen molar-refractivity contribution in [3.63, 3.8) is 0 Å². The number of nitrogens with one attached hydrogen (secondary N) is 1. The lowest BCUT2D eigenvalue weighted by molar-refractivity contribution is -0.361. The van der Waals surface area contributed by atoms with Crippen molar-refractivity contribution in [2.75, 3.05) is 13.7 Å². The molecule has 5 nitrogen and oxygen atoms in total. The Morgan fingerprint density at radius 3 is 2.35 bits per heavy atom. The number of ether oxygens (including phenoxy) is 2. The minimum atomic E-state index is -6.48. The van der Waals surface area contributed by atoms with Crippen molar-refractivity contribution in [2.45, 2.75) is 18.1 Å². The number of hydrogen-bond donors (Lipinski definition) is 1. The highest BCUT2D eigenvalue weighted by Crippen LogP contribution is 2.45. The molecule has 0 aliphatic carbocycles. The maximum absolute atomic E-state index is 13.1. The number of benzene rings is 1. The van der Waals surface area contributed by atoms with Gasteiger partial charge in [-0.2, -0.15) is 41.1 Å². The Labute approximate surface area is 155 Å². The molecule has 0 unspecified atom stereocenters. The number of alkyl halides is 7. The summed E-state index contributed by atoms with van der Waals surface area (Å²) in [5.74, 6) is -6.41. The third-order valence-corrected chi connectivity index (χ3v) is 3.33. The van der Waals surface area contributed by atoms with Crippen LogP contribution in [0.25, 0.3) is 0 Å². The molecular weight excluding hydrogens is 490 g/mol. The molecule has 1 N–H and O–H groups in total. The van der Waals surface area contributed by atoms with Gasteiger partial charge in [0.15, 0.2) is 18.1 Å². The third-order valence-electron chi connectivity index (χ3n) is 2.71. The predicted octanol–water partition coefficient (Wildman–Crippen LogP) is 3.92. The molecule has 0 fully saturated rings. The lowest BCUT2D eigenvalue weighted by Crippen LogP contribution is -2.58. The van der Waals surface area contributed by atoms with E-state index < -0.39 is 24.8 Å². The Hall–Kier alpha value is -1.98. The van der Waals surface area contributed by atoms with Crippen molar-refractivity contribution < 1.29 is 40.2 Å². The molecule has 0 radical (unpaired) electrons. The first-order valence-electron chi connectivity index (χ1n) is 6.37. The summed E-state index contributed by atoms with van der Waals surface area (Å²) in [7, 11) is 1.24. The Kier molecular flexibility index (Phi) is 6.91. The Balaban J connectivity index is 3.15. The van der Waals surface area contributed by atoms with Crippen LogP contribution in [0.1, 0.15) is 5.56 Å². The number of hydrogen-bond acceptors (Lipinski definition) is 5. The van der Waals surface area contributed by atoms with E-state index >= 15 is 0 Å². The Morgan fingerprint density at radius 2 is 1.85 bits per heavy atom. The van der Waals surface area contributed by atoms with Crippen LogP contribution < -0.4 is 14.9 Å². The minimum Gasteiger partial charge on any atom is -0.493 e. The SMILES string of the molecule is COc1cc(I)cc(/C=N\NC(F)(F)C(F)(F)C(F)(F)F)c1OCC#N. The molecule has 0 amide bonds. The standard InChI is InChI=1S/C13H9F7IN3O2/c1-25-9-5-8(21)4-7(10(9)26-3-2-22)6-23-24-13(19,20)11(14,15)12(16,17)18/h4-6,24H,3H2,1H3/b23-6-. The van der Waals surface area contributed by atoms with Gasteiger partial charge in [0.25, 0.3) is 0 Å². The molecule has 1 aromatic carbocycles. The second-order valence-electron chi connectivity index (χ2n) is 4.49. The maximum Gasteiger partial charge on any atom is 0.462 e. The van der Waals surface area contributed by atoms with Gasteiger partial charge in [-0.15, -0.1) is 0 Å². The van der Waals surface area contributed by atoms with E-state index in [9.17, 15) is 30.7 Å². The summed E-state index contributed by atoms with van der Waals surface area (Å²) in [6.45, 7) is -0.465. The van der Waals surface area contributed by atoms with Crippen molar-refractivity contribution in [2.24, 2.45) is 5.10 Å². The molecule has 0 saturated heterocycles. The van der Waals surface area contributed by atoms with Crippen molar-refractivity contribution in [3.8, 4) is 17.6 Å². The van der Waals surface area contributed by atoms with Gasteiger partial charge in [-0.25, -0.2) is 5.43 Å². The van der Waals surface area contributed by atoms with Crippen molar-refractivity contribution in [1.29, 1.82) is 5.26 Å². The summed E-state index contributed by atoms with van der Waals surface area (Å²) in [5.41, 5.74) is 0.402. The molecule has 26 heavy (non-hydrogen) atoms. The van der Waals surface area contributed by atoms with Crippen LogP contribution in [-0.4, -0.2) is 38.1 Å². The third kappa shape index (κ3) is 4.80. The number of nitrogens with zero attached hydrogens (tertiary/aromatic N) is 2. The van der Waals surface area contributed by atoms with E-state index in [1.807, 2.05) is 0 Å². The molecule has 0 bridgehead atoms. The van der Waals surface area contributed by atoms with Crippen LogP contribution >= 0.6 is 22.6 Å².